The highest BCUT2D eigenvalue weighted by Crippen LogP contribution is 2.26. The molecule has 3 nitrogen and oxygen atoms in total. The molecule has 0 saturated heterocycles. The van der Waals surface area contributed by atoms with E-state index in [9.17, 15) is 0 Å². The molecule has 0 spiro atoms. The molecule has 0 heterocycles. The number of ether oxygens (including phenoxy) is 2. The molecule has 2 aromatic rings. The Balaban J connectivity index is 2.10. The van der Waals surface area contributed by atoms with Crippen molar-refractivity contribution in [2.75, 3.05) is 13.9 Å². The maximum Gasteiger partial charge on any atom is 0.188 e. The van der Waals surface area contributed by atoms with Crippen molar-refractivity contribution >= 4 is 23.2 Å². The second kappa shape index (κ2) is 7.66. The Morgan fingerprint density at radius 2 is 1.95 bits per heavy atom. The van der Waals surface area contributed by atoms with Crippen molar-refractivity contribution in [1.82, 2.24) is 0 Å². The van der Waals surface area contributed by atoms with Crippen molar-refractivity contribution < 1.29 is 9.47 Å². The third kappa shape index (κ3) is 4.61. The van der Waals surface area contributed by atoms with Gasteiger partial charge in [-0.1, -0.05) is 41.4 Å². The smallest absolute Gasteiger partial charge is 0.188 e. The molecule has 5 heteroatoms. The lowest BCUT2D eigenvalue weighted by molar-refractivity contribution is 0.0510. The van der Waals surface area contributed by atoms with E-state index in [0.717, 1.165) is 16.9 Å². The van der Waals surface area contributed by atoms with Crippen molar-refractivity contribution in [1.29, 1.82) is 0 Å². The van der Waals surface area contributed by atoms with Gasteiger partial charge in [0.2, 0.25) is 0 Å². The molecule has 1 atom stereocenters. The number of hydrogen-bond acceptors (Lipinski definition) is 3. The van der Waals surface area contributed by atoms with E-state index in [1.165, 1.54) is 0 Å². The van der Waals surface area contributed by atoms with E-state index in [1.807, 2.05) is 36.4 Å². The van der Waals surface area contributed by atoms with E-state index in [1.54, 1.807) is 13.2 Å². The normalized spacial score (nSPS) is 12.2. The summed E-state index contributed by atoms with van der Waals surface area (Å²) in [5, 5.41) is 1.25. The standard InChI is InChI=1S/C16H17Cl2NO2/c1-20-10-21-14-4-2-3-12(7-14)16(19)8-11-5-6-13(17)9-15(11)18/h2-7,9,16H,8,10,19H2,1H3. The number of nitrogens with two attached hydrogens (primary N) is 1. The molecule has 0 aliphatic rings. The summed E-state index contributed by atoms with van der Waals surface area (Å²) >= 11 is 12.1. The van der Waals surface area contributed by atoms with Crippen LogP contribution in [0, 0.1) is 0 Å². The van der Waals surface area contributed by atoms with Gasteiger partial charge in [-0.15, -0.1) is 0 Å². The highest BCUT2D eigenvalue weighted by Gasteiger charge is 2.11. The molecule has 2 aromatic carbocycles. The Hall–Kier alpha value is -1.26. The van der Waals surface area contributed by atoms with Crippen LogP contribution in [-0.2, 0) is 11.2 Å². The number of rotatable bonds is 6. The maximum absolute atomic E-state index is 6.25. The Morgan fingerprint density at radius 1 is 1.14 bits per heavy atom. The van der Waals surface area contributed by atoms with Gasteiger partial charge < -0.3 is 15.2 Å². The van der Waals surface area contributed by atoms with Crippen LogP contribution < -0.4 is 10.5 Å². The average molecular weight is 326 g/mol. The lowest BCUT2D eigenvalue weighted by atomic mass is 9.99. The number of hydrogen-bond donors (Lipinski definition) is 1. The molecule has 0 aliphatic heterocycles. The highest BCUT2D eigenvalue weighted by atomic mass is 35.5. The monoisotopic (exact) mass is 325 g/mol. The average Bonchev–Trinajstić information content (AvgIpc) is 2.48. The van der Waals surface area contributed by atoms with Gasteiger partial charge in [-0.25, -0.2) is 0 Å². The van der Waals surface area contributed by atoms with Crippen LogP contribution in [-0.4, -0.2) is 13.9 Å². The summed E-state index contributed by atoms with van der Waals surface area (Å²) in [6, 6.07) is 12.9. The second-order valence-electron chi connectivity index (χ2n) is 4.67. The van der Waals surface area contributed by atoms with Gasteiger partial charge >= 0.3 is 0 Å². The summed E-state index contributed by atoms with van der Waals surface area (Å²) in [5.74, 6) is 0.729. The van der Waals surface area contributed by atoms with Crippen LogP contribution in [0.25, 0.3) is 0 Å². The van der Waals surface area contributed by atoms with Crippen molar-refractivity contribution in [3.05, 3.63) is 63.6 Å². The minimum Gasteiger partial charge on any atom is -0.468 e. The third-order valence-corrected chi connectivity index (χ3v) is 3.67. The van der Waals surface area contributed by atoms with Crippen LogP contribution >= 0.6 is 23.2 Å². The minimum atomic E-state index is -0.172. The van der Waals surface area contributed by atoms with Crippen molar-refractivity contribution in [3.63, 3.8) is 0 Å². The van der Waals surface area contributed by atoms with Gasteiger partial charge in [0.1, 0.15) is 5.75 Å². The van der Waals surface area contributed by atoms with Crippen molar-refractivity contribution in [2.45, 2.75) is 12.5 Å². The summed E-state index contributed by atoms with van der Waals surface area (Å²) in [7, 11) is 1.58. The Kier molecular flexibility index (Phi) is 5.88. The van der Waals surface area contributed by atoms with Crippen LogP contribution in [0.15, 0.2) is 42.5 Å². The highest BCUT2D eigenvalue weighted by molar-refractivity contribution is 6.35. The van der Waals surface area contributed by atoms with Gasteiger partial charge in [0.05, 0.1) is 0 Å². The molecule has 0 amide bonds. The Labute approximate surface area is 134 Å². The maximum atomic E-state index is 6.25. The first-order valence-electron chi connectivity index (χ1n) is 6.51. The first kappa shape index (κ1) is 16.1. The van der Waals surface area contributed by atoms with E-state index in [4.69, 9.17) is 38.4 Å². The van der Waals surface area contributed by atoms with Gasteiger partial charge in [0.15, 0.2) is 6.79 Å². The predicted octanol–water partition coefficient (Wildman–Crippen LogP) is 4.22. The molecule has 0 radical (unpaired) electrons. The van der Waals surface area contributed by atoms with Crippen molar-refractivity contribution in [2.24, 2.45) is 5.73 Å². The molecule has 0 aliphatic carbocycles. The van der Waals surface area contributed by atoms with E-state index >= 15 is 0 Å². The van der Waals surface area contributed by atoms with E-state index in [-0.39, 0.29) is 12.8 Å². The Bertz CT molecular complexity index is 605. The fourth-order valence-corrected chi connectivity index (χ4v) is 2.49. The van der Waals surface area contributed by atoms with Crippen LogP contribution in [0.3, 0.4) is 0 Å². The molecule has 0 saturated carbocycles. The van der Waals surface area contributed by atoms with Crippen LogP contribution in [0.2, 0.25) is 10.0 Å². The number of benzene rings is 2. The SMILES string of the molecule is COCOc1cccc(C(N)Cc2ccc(Cl)cc2Cl)c1. The lowest BCUT2D eigenvalue weighted by Crippen LogP contribution is -2.13. The molecule has 2 rings (SSSR count). The molecule has 112 valence electrons. The minimum absolute atomic E-state index is 0.172. The number of methoxy groups -OCH3 is 1. The zero-order valence-corrected chi connectivity index (χ0v) is 13.2. The molecular formula is C16H17Cl2NO2. The summed E-state index contributed by atoms with van der Waals surface area (Å²) in [6.07, 6.45) is 0.629. The molecule has 21 heavy (non-hydrogen) atoms. The second-order valence-corrected chi connectivity index (χ2v) is 5.51. The first-order chi connectivity index (χ1) is 10.1. The molecular weight excluding hydrogens is 309 g/mol. The largest absolute Gasteiger partial charge is 0.468 e. The molecule has 2 N–H and O–H groups in total. The predicted molar refractivity (Wildman–Crippen MR) is 86.0 cm³/mol. The summed E-state index contributed by atoms with van der Waals surface area (Å²) in [4.78, 5) is 0. The molecule has 0 aromatic heterocycles. The van der Waals surface area contributed by atoms with Gasteiger partial charge in [-0.2, -0.15) is 0 Å². The van der Waals surface area contributed by atoms with Gasteiger partial charge in [-0.3, -0.25) is 0 Å². The fraction of sp³-hybridized carbons (Fsp3) is 0.250. The van der Waals surface area contributed by atoms with Crippen LogP contribution in [0.4, 0.5) is 0 Å². The van der Waals surface area contributed by atoms with Gasteiger partial charge in [0.25, 0.3) is 0 Å². The zero-order chi connectivity index (χ0) is 15.2. The molecule has 0 fully saturated rings. The zero-order valence-electron chi connectivity index (χ0n) is 11.7. The topological polar surface area (TPSA) is 44.5 Å². The van der Waals surface area contributed by atoms with Crippen molar-refractivity contribution in [3.8, 4) is 5.75 Å². The quantitative estimate of drug-likeness (QED) is 0.809. The van der Waals surface area contributed by atoms with Gasteiger partial charge in [0, 0.05) is 23.2 Å². The summed E-state index contributed by atoms with van der Waals surface area (Å²) < 4.78 is 10.3. The van der Waals surface area contributed by atoms with E-state index in [0.29, 0.717) is 16.5 Å². The third-order valence-electron chi connectivity index (χ3n) is 3.08. The molecule has 0 bridgehead atoms. The lowest BCUT2D eigenvalue weighted by Gasteiger charge is -2.15. The fourth-order valence-electron chi connectivity index (χ4n) is 2.00. The van der Waals surface area contributed by atoms with Crippen LogP contribution in [0.1, 0.15) is 17.2 Å². The van der Waals surface area contributed by atoms with E-state index in [2.05, 4.69) is 0 Å². The first-order valence-corrected chi connectivity index (χ1v) is 7.27. The summed E-state index contributed by atoms with van der Waals surface area (Å²) in [6.45, 7) is 0.210. The number of halogens is 2. The Morgan fingerprint density at radius 3 is 2.67 bits per heavy atom. The summed E-state index contributed by atoms with van der Waals surface area (Å²) in [5.41, 5.74) is 8.20. The molecule has 1 unspecified atom stereocenters. The van der Waals surface area contributed by atoms with E-state index < -0.39 is 0 Å². The van der Waals surface area contributed by atoms with Crippen LogP contribution in [0.5, 0.6) is 5.75 Å². The van der Waals surface area contributed by atoms with Gasteiger partial charge in [-0.05, 0) is 41.8 Å².